The molecule has 4 atom stereocenters. The Hall–Kier alpha value is -3.40. The molecule has 2 aliphatic rings. The van der Waals surface area contributed by atoms with Gasteiger partial charge in [-0.2, -0.15) is 0 Å². The number of nitrogens with zero attached hydrogens (tertiary/aromatic N) is 1. The van der Waals surface area contributed by atoms with Crippen molar-refractivity contribution >= 4 is 23.9 Å². The summed E-state index contributed by atoms with van der Waals surface area (Å²) in [5.74, 6) is -1.16. The van der Waals surface area contributed by atoms with E-state index in [2.05, 4.69) is 24.5 Å². The molecule has 0 radical (unpaired) electrons. The number of likely N-dealkylation sites (tertiary alicyclic amines) is 1. The zero-order chi connectivity index (χ0) is 35.1. The van der Waals surface area contributed by atoms with Crippen LogP contribution in [0.25, 0.3) is 0 Å². The molecule has 0 aromatic heterocycles. The fourth-order valence-corrected chi connectivity index (χ4v) is 6.48. The van der Waals surface area contributed by atoms with Crippen molar-refractivity contribution < 1.29 is 28.7 Å². The van der Waals surface area contributed by atoms with Crippen LogP contribution in [-0.4, -0.2) is 71.7 Å². The van der Waals surface area contributed by atoms with Crippen molar-refractivity contribution in [2.45, 2.75) is 141 Å². The number of carbonyl (C=O) groups is 4. The van der Waals surface area contributed by atoms with Crippen LogP contribution in [0.1, 0.15) is 111 Å². The number of unbranched alkanes of at least 4 members (excludes halogenated alkanes) is 1. The molecule has 0 bridgehead atoms. The van der Waals surface area contributed by atoms with Crippen molar-refractivity contribution in [3.63, 3.8) is 0 Å². The molecule has 1 aromatic carbocycles. The number of amides is 3. The Morgan fingerprint density at radius 2 is 1.67 bits per heavy atom. The summed E-state index contributed by atoms with van der Waals surface area (Å²) >= 11 is 0. The molecule has 1 aliphatic carbocycles. The number of carbonyl (C=O) groups excluding carboxylic acids is 4. The molecule has 3 unspecified atom stereocenters. The van der Waals surface area contributed by atoms with Gasteiger partial charge in [0.05, 0.1) is 12.0 Å². The number of esters is 1. The van der Waals surface area contributed by atoms with E-state index in [1.807, 2.05) is 63.3 Å². The molecular weight excluding hydrogens is 608 g/mol. The van der Waals surface area contributed by atoms with Gasteiger partial charge in [-0.3, -0.25) is 9.59 Å². The third-order valence-electron chi connectivity index (χ3n) is 8.84. The van der Waals surface area contributed by atoms with Crippen molar-refractivity contribution in [1.29, 1.82) is 0 Å². The van der Waals surface area contributed by atoms with Crippen LogP contribution in [-0.2, 0) is 30.3 Å². The maximum atomic E-state index is 14.3. The Morgan fingerprint density at radius 1 is 0.958 bits per heavy atom. The fourth-order valence-electron chi connectivity index (χ4n) is 6.48. The zero-order valence-corrected chi connectivity index (χ0v) is 29.9. The van der Waals surface area contributed by atoms with Crippen molar-refractivity contribution in [3.8, 4) is 0 Å². The molecule has 2 fully saturated rings. The van der Waals surface area contributed by atoms with Gasteiger partial charge >= 0.3 is 12.1 Å². The quantitative estimate of drug-likeness (QED) is 0.115. The molecule has 10 heteroatoms. The van der Waals surface area contributed by atoms with Gasteiger partial charge in [0.15, 0.2) is 0 Å². The predicted octanol–water partition coefficient (Wildman–Crippen LogP) is 5.82. The first-order chi connectivity index (χ1) is 22.9. The summed E-state index contributed by atoms with van der Waals surface area (Å²) < 4.78 is 11.3. The first kappa shape index (κ1) is 39.0. The third kappa shape index (κ3) is 13.6. The average molecular weight is 669 g/mol. The predicted molar refractivity (Wildman–Crippen MR) is 188 cm³/mol. The SMILES string of the molecule is CC(C)CC(/C=C/C(Cc1ccccc1)C(=O)N1CCC[C@@H]1C(=O)NC(CCCCN)C(=O)OC1CCCCC1)NC(=O)OC(C)(C)C. The van der Waals surface area contributed by atoms with Crippen LogP contribution in [0.3, 0.4) is 0 Å². The van der Waals surface area contributed by atoms with Crippen molar-refractivity contribution in [2.24, 2.45) is 17.6 Å². The lowest BCUT2D eigenvalue weighted by Gasteiger charge is -2.30. The number of alkyl carbamates (subject to hydrolysis) is 1. The summed E-state index contributed by atoms with van der Waals surface area (Å²) in [5, 5.41) is 5.92. The molecule has 3 rings (SSSR count). The second-order valence-corrected chi connectivity index (χ2v) is 14.8. The number of nitrogens with one attached hydrogen (secondary N) is 2. The lowest BCUT2D eigenvalue weighted by molar-refractivity contribution is -0.155. The molecule has 268 valence electrons. The number of hydrogen-bond acceptors (Lipinski definition) is 7. The lowest BCUT2D eigenvalue weighted by atomic mass is 9.94. The summed E-state index contributed by atoms with van der Waals surface area (Å²) in [6.07, 6.45) is 12.2. The molecule has 1 aromatic rings. The number of nitrogens with two attached hydrogens (primary N) is 1. The number of hydrogen-bond donors (Lipinski definition) is 3. The second-order valence-electron chi connectivity index (χ2n) is 14.8. The Balaban J connectivity index is 1.79. The van der Waals surface area contributed by atoms with Crippen LogP contribution in [0.15, 0.2) is 42.5 Å². The minimum absolute atomic E-state index is 0.112. The van der Waals surface area contributed by atoms with Crippen LogP contribution in [0.5, 0.6) is 0 Å². The Morgan fingerprint density at radius 3 is 2.31 bits per heavy atom. The van der Waals surface area contributed by atoms with E-state index in [1.165, 1.54) is 0 Å². The number of rotatable bonds is 16. The standard InChI is InChI=1S/C38H60N4O6/c1-27(2)25-30(40-37(46)48-38(3,4)5)22-21-29(26-28-15-8-6-9-16-28)35(44)42-24-14-20-33(42)34(43)41-32(19-12-13-23-39)36(45)47-31-17-10-7-11-18-31/h6,8-9,15-16,21-22,27,29-33H,7,10-14,17-20,23-26,39H2,1-5H3,(H,40,46)(H,41,43)/b22-21+/t29?,30?,32?,33-/m1/s1. The molecule has 3 amide bonds. The third-order valence-corrected chi connectivity index (χ3v) is 8.84. The summed E-state index contributed by atoms with van der Waals surface area (Å²) in [6.45, 7) is 10.6. The van der Waals surface area contributed by atoms with Crippen LogP contribution < -0.4 is 16.4 Å². The maximum Gasteiger partial charge on any atom is 0.408 e. The van der Waals surface area contributed by atoms with Gasteiger partial charge in [0, 0.05) is 6.54 Å². The Labute approximate surface area is 287 Å². The smallest absolute Gasteiger partial charge is 0.408 e. The van der Waals surface area contributed by atoms with E-state index in [4.69, 9.17) is 15.2 Å². The van der Waals surface area contributed by atoms with Gasteiger partial charge in [0.25, 0.3) is 0 Å². The van der Waals surface area contributed by atoms with Gasteiger partial charge < -0.3 is 30.7 Å². The lowest BCUT2D eigenvalue weighted by Crippen LogP contribution is -2.52. The van der Waals surface area contributed by atoms with Gasteiger partial charge in [-0.1, -0.05) is 62.8 Å². The summed E-state index contributed by atoms with van der Waals surface area (Å²) in [4.78, 5) is 55.6. The molecule has 10 nitrogen and oxygen atoms in total. The first-order valence-electron chi connectivity index (χ1n) is 18.1. The molecule has 1 saturated heterocycles. The van der Waals surface area contributed by atoms with Crippen LogP contribution >= 0.6 is 0 Å². The van der Waals surface area contributed by atoms with Crippen molar-refractivity contribution in [3.05, 3.63) is 48.0 Å². The second kappa shape index (κ2) is 19.6. The van der Waals surface area contributed by atoms with Crippen LogP contribution in [0, 0.1) is 11.8 Å². The highest BCUT2D eigenvalue weighted by molar-refractivity contribution is 5.92. The molecule has 1 aliphatic heterocycles. The van der Waals surface area contributed by atoms with Crippen LogP contribution in [0.4, 0.5) is 4.79 Å². The van der Waals surface area contributed by atoms with E-state index in [1.54, 1.807) is 4.90 Å². The monoisotopic (exact) mass is 668 g/mol. The largest absolute Gasteiger partial charge is 0.461 e. The topological polar surface area (TPSA) is 140 Å². The van der Waals surface area contributed by atoms with Crippen molar-refractivity contribution in [1.82, 2.24) is 15.5 Å². The number of benzene rings is 1. The highest BCUT2D eigenvalue weighted by atomic mass is 16.6. The van der Waals surface area contributed by atoms with E-state index in [9.17, 15) is 19.2 Å². The van der Waals surface area contributed by atoms with E-state index in [0.717, 1.165) is 44.1 Å². The summed E-state index contributed by atoms with van der Waals surface area (Å²) in [5.41, 5.74) is 6.07. The van der Waals surface area contributed by atoms with Gasteiger partial charge in [-0.25, -0.2) is 9.59 Å². The molecule has 1 saturated carbocycles. The molecule has 0 spiro atoms. The zero-order valence-electron chi connectivity index (χ0n) is 29.9. The maximum absolute atomic E-state index is 14.3. The first-order valence-corrected chi connectivity index (χ1v) is 18.1. The van der Waals surface area contributed by atoms with Crippen molar-refractivity contribution in [2.75, 3.05) is 13.1 Å². The molecule has 48 heavy (non-hydrogen) atoms. The van der Waals surface area contributed by atoms with Gasteiger partial charge in [-0.15, -0.1) is 0 Å². The Bertz CT molecular complexity index is 1190. The highest BCUT2D eigenvalue weighted by Crippen LogP contribution is 2.25. The Kier molecular flexibility index (Phi) is 15.9. The van der Waals surface area contributed by atoms with E-state index < -0.39 is 35.7 Å². The summed E-state index contributed by atoms with van der Waals surface area (Å²) in [7, 11) is 0. The van der Waals surface area contributed by atoms with Gasteiger partial charge in [0.1, 0.15) is 23.8 Å². The minimum Gasteiger partial charge on any atom is -0.461 e. The molecular formula is C38H60N4O6. The van der Waals surface area contributed by atoms with Gasteiger partial charge in [-0.05, 0) is 109 Å². The van der Waals surface area contributed by atoms with E-state index in [0.29, 0.717) is 51.6 Å². The minimum atomic E-state index is -0.778. The molecule has 4 N–H and O–H groups in total. The fraction of sp³-hybridized carbons (Fsp3) is 0.684. The van der Waals surface area contributed by atoms with Crippen LogP contribution in [0.2, 0.25) is 0 Å². The molecule has 1 heterocycles. The highest BCUT2D eigenvalue weighted by Gasteiger charge is 2.38. The van der Waals surface area contributed by atoms with E-state index in [-0.39, 0.29) is 29.9 Å². The average Bonchev–Trinajstić information content (AvgIpc) is 3.52. The summed E-state index contributed by atoms with van der Waals surface area (Å²) in [6, 6.07) is 7.98. The number of ether oxygens (including phenoxy) is 2. The normalized spacial score (nSPS) is 19.1. The van der Waals surface area contributed by atoms with Gasteiger partial charge in [0.2, 0.25) is 11.8 Å². The van der Waals surface area contributed by atoms with E-state index >= 15 is 0 Å².